The van der Waals surface area contributed by atoms with E-state index in [1.54, 1.807) is 13.0 Å². The van der Waals surface area contributed by atoms with Gasteiger partial charge in [0, 0.05) is 29.4 Å². The minimum atomic E-state index is -3.45. The van der Waals surface area contributed by atoms with Crippen LogP contribution in [0, 0.1) is 13.8 Å². The van der Waals surface area contributed by atoms with Crippen molar-refractivity contribution in [2.24, 2.45) is 10.7 Å². The highest BCUT2D eigenvalue weighted by molar-refractivity contribution is 14.0. The van der Waals surface area contributed by atoms with Crippen LogP contribution < -0.4 is 15.8 Å². The first kappa shape index (κ1) is 20.6. The van der Waals surface area contributed by atoms with E-state index in [9.17, 15) is 8.42 Å². The molecule has 1 aromatic heterocycles. The second-order valence-electron chi connectivity index (χ2n) is 4.37. The number of halogens is 1. The summed E-state index contributed by atoms with van der Waals surface area (Å²) in [7, 11) is -3.45. The Morgan fingerprint density at radius 3 is 2.57 bits per heavy atom. The summed E-state index contributed by atoms with van der Waals surface area (Å²) in [6.45, 7) is 7.04. The summed E-state index contributed by atoms with van der Waals surface area (Å²) in [5.41, 5.74) is 5.61. The second-order valence-corrected chi connectivity index (χ2v) is 7.56. The average Bonchev–Trinajstić information content (AvgIpc) is 2.72. The van der Waals surface area contributed by atoms with Crippen LogP contribution in [0.5, 0.6) is 0 Å². The highest BCUT2D eigenvalue weighted by atomic mass is 127. The molecule has 0 unspecified atom stereocenters. The Morgan fingerprint density at radius 2 is 2.05 bits per heavy atom. The van der Waals surface area contributed by atoms with E-state index in [1.807, 2.05) is 13.8 Å². The lowest BCUT2D eigenvalue weighted by atomic mass is 10.4. The molecule has 6 nitrogen and oxygen atoms in total. The average molecular weight is 446 g/mol. The molecule has 0 radical (unpaired) electrons. The zero-order chi connectivity index (χ0) is 15.2. The number of hydrogen-bond acceptors (Lipinski definition) is 4. The lowest BCUT2D eigenvalue weighted by Gasteiger charge is -2.08. The molecule has 0 saturated carbocycles. The molecular weight excluding hydrogens is 423 g/mol. The highest BCUT2D eigenvalue weighted by Crippen LogP contribution is 2.24. The van der Waals surface area contributed by atoms with Crippen LogP contribution in [-0.4, -0.2) is 34.0 Å². The maximum Gasteiger partial charge on any atom is 0.241 e. The van der Waals surface area contributed by atoms with E-state index in [0.29, 0.717) is 23.9 Å². The maximum atomic E-state index is 12.1. The molecule has 0 saturated heterocycles. The Kier molecular flexibility index (Phi) is 9.41. The van der Waals surface area contributed by atoms with E-state index < -0.39 is 10.0 Å². The fraction of sp³-hybridized carbons (Fsp3) is 0.583. The van der Waals surface area contributed by atoms with Gasteiger partial charge >= 0.3 is 0 Å². The molecule has 0 aliphatic heterocycles. The van der Waals surface area contributed by atoms with Crippen LogP contribution in [0.4, 0.5) is 0 Å². The Bertz CT molecular complexity index is 570. The first-order valence-corrected chi connectivity index (χ1v) is 8.77. The third kappa shape index (κ3) is 6.94. The summed E-state index contributed by atoms with van der Waals surface area (Å²) >= 11 is 1.48. The maximum absolute atomic E-state index is 12.1. The molecule has 0 aliphatic rings. The first-order valence-electron chi connectivity index (χ1n) is 6.47. The van der Waals surface area contributed by atoms with E-state index >= 15 is 0 Å². The number of rotatable bonds is 7. The van der Waals surface area contributed by atoms with Gasteiger partial charge in [0.1, 0.15) is 0 Å². The fourth-order valence-corrected chi connectivity index (χ4v) is 4.20. The summed E-state index contributed by atoms with van der Waals surface area (Å²) in [6, 6.07) is 1.69. The van der Waals surface area contributed by atoms with Gasteiger partial charge in [0.25, 0.3) is 0 Å². The summed E-state index contributed by atoms with van der Waals surface area (Å²) in [5.74, 6) is 0.341. The molecule has 0 atom stereocenters. The number of guanidine groups is 1. The highest BCUT2D eigenvalue weighted by Gasteiger charge is 2.18. The SMILES string of the molecule is CCCN=C(N)NCCNS(=O)(=O)c1cc(C)sc1C.I. The molecule has 4 N–H and O–H groups in total. The van der Waals surface area contributed by atoms with Gasteiger partial charge in [-0.2, -0.15) is 0 Å². The Balaban J connectivity index is 0.00000400. The lowest BCUT2D eigenvalue weighted by molar-refractivity contribution is 0.580. The molecule has 0 fully saturated rings. The molecule has 1 heterocycles. The van der Waals surface area contributed by atoms with Crippen LogP contribution in [0.25, 0.3) is 0 Å². The van der Waals surface area contributed by atoms with Crippen molar-refractivity contribution < 1.29 is 8.42 Å². The van der Waals surface area contributed by atoms with Crippen LogP contribution in [-0.2, 0) is 10.0 Å². The van der Waals surface area contributed by atoms with Gasteiger partial charge in [-0.25, -0.2) is 13.1 Å². The third-order valence-electron chi connectivity index (χ3n) is 2.51. The van der Waals surface area contributed by atoms with Gasteiger partial charge in [0.15, 0.2) is 5.96 Å². The number of aliphatic imine (C=N–C) groups is 1. The smallest absolute Gasteiger partial charge is 0.241 e. The Hall–Kier alpha value is -0.390. The molecular formula is C12H23IN4O2S2. The molecule has 0 spiro atoms. The van der Waals surface area contributed by atoms with Gasteiger partial charge < -0.3 is 11.1 Å². The minimum absolute atomic E-state index is 0. The molecule has 122 valence electrons. The van der Waals surface area contributed by atoms with E-state index in [4.69, 9.17) is 5.73 Å². The van der Waals surface area contributed by atoms with Crippen molar-refractivity contribution in [1.29, 1.82) is 0 Å². The van der Waals surface area contributed by atoms with Crippen molar-refractivity contribution in [3.8, 4) is 0 Å². The number of thiophene rings is 1. The lowest BCUT2D eigenvalue weighted by Crippen LogP contribution is -2.38. The molecule has 1 aromatic rings. The van der Waals surface area contributed by atoms with Gasteiger partial charge in [0.2, 0.25) is 10.0 Å². The molecule has 1 rings (SSSR count). The summed E-state index contributed by atoms with van der Waals surface area (Å²) in [6.07, 6.45) is 0.922. The summed E-state index contributed by atoms with van der Waals surface area (Å²) in [4.78, 5) is 6.20. The van der Waals surface area contributed by atoms with E-state index in [0.717, 1.165) is 16.2 Å². The molecule has 0 aliphatic carbocycles. The summed E-state index contributed by atoms with van der Waals surface area (Å²) < 4.78 is 26.7. The fourth-order valence-electron chi connectivity index (χ4n) is 1.62. The molecule has 0 bridgehead atoms. The molecule has 9 heteroatoms. The largest absolute Gasteiger partial charge is 0.370 e. The first-order chi connectivity index (χ1) is 9.36. The molecule has 21 heavy (non-hydrogen) atoms. The number of hydrogen-bond donors (Lipinski definition) is 3. The Labute approximate surface area is 147 Å². The van der Waals surface area contributed by atoms with Crippen LogP contribution in [0.1, 0.15) is 23.1 Å². The van der Waals surface area contributed by atoms with E-state index in [1.165, 1.54) is 11.3 Å². The van der Waals surface area contributed by atoms with Crippen molar-refractivity contribution in [3.63, 3.8) is 0 Å². The number of aryl methyl sites for hydroxylation is 2. The zero-order valence-electron chi connectivity index (χ0n) is 12.5. The van der Waals surface area contributed by atoms with Crippen molar-refractivity contribution in [2.45, 2.75) is 32.1 Å². The van der Waals surface area contributed by atoms with Crippen LogP contribution >= 0.6 is 35.3 Å². The number of nitrogens with one attached hydrogen (secondary N) is 2. The zero-order valence-corrected chi connectivity index (χ0v) is 16.4. The van der Waals surface area contributed by atoms with Crippen LogP contribution in [0.15, 0.2) is 16.0 Å². The normalized spacial score (nSPS) is 12.0. The van der Waals surface area contributed by atoms with Gasteiger partial charge in [-0.3, -0.25) is 4.99 Å². The standard InChI is InChI=1S/C12H22N4O2S2.HI/c1-4-5-14-12(13)15-6-7-16-20(17,18)11-8-9(2)19-10(11)3;/h8,16H,4-7H2,1-3H3,(H3,13,14,15);1H. The number of nitrogens with zero attached hydrogens (tertiary/aromatic N) is 1. The minimum Gasteiger partial charge on any atom is -0.370 e. The quantitative estimate of drug-likeness (QED) is 0.257. The van der Waals surface area contributed by atoms with Crippen molar-refractivity contribution in [1.82, 2.24) is 10.0 Å². The van der Waals surface area contributed by atoms with Crippen molar-refractivity contribution in [3.05, 3.63) is 15.8 Å². The topological polar surface area (TPSA) is 96.6 Å². The van der Waals surface area contributed by atoms with Crippen molar-refractivity contribution in [2.75, 3.05) is 19.6 Å². The molecule has 0 aromatic carbocycles. The number of sulfonamides is 1. The monoisotopic (exact) mass is 446 g/mol. The third-order valence-corrected chi connectivity index (χ3v) is 5.20. The van der Waals surface area contributed by atoms with Crippen LogP contribution in [0.2, 0.25) is 0 Å². The predicted molar refractivity (Wildman–Crippen MR) is 99.2 cm³/mol. The molecule has 0 amide bonds. The Morgan fingerprint density at radius 1 is 1.38 bits per heavy atom. The second kappa shape index (κ2) is 9.59. The number of nitrogens with two attached hydrogens (primary N) is 1. The van der Waals surface area contributed by atoms with Crippen molar-refractivity contribution >= 4 is 51.3 Å². The summed E-state index contributed by atoms with van der Waals surface area (Å²) in [5, 5.41) is 2.86. The van der Waals surface area contributed by atoms with Gasteiger partial charge in [-0.1, -0.05) is 6.92 Å². The van der Waals surface area contributed by atoms with Gasteiger partial charge in [-0.15, -0.1) is 35.3 Å². The van der Waals surface area contributed by atoms with E-state index in [2.05, 4.69) is 15.0 Å². The van der Waals surface area contributed by atoms with Gasteiger partial charge in [-0.05, 0) is 26.3 Å². The van der Waals surface area contributed by atoms with Gasteiger partial charge in [0.05, 0.1) is 4.90 Å². The van der Waals surface area contributed by atoms with Crippen LogP contribution in [0.3, 0.4) is 0 Å². The van der Waals surface area contributed by atoms with E-state index in [-0.39, 0.29) is 30.5 Å². The predicted octanol–water partition coefficient (Wildman–Crippen LogP) is 1.58.